The molecule has 2 N–H and O–H groups in total. The molecule has 0 aliphatic heterocycles. The predicted molar refractivity (Wildman–Crippen MR) is 65.8 cm³/mol. The molecule has 0 saturated heterocycles. The van der Waals surface area contributed by atoms with Gasteiger partial charge < -0.3 is 15.4 Å². The lowest BCUT2D eigenvalue weighted by Crippen LogP contribution is -2.43. The Morgan fingerprint density at radius 1 is 1.45 bits per heavy atom. The van der Waals surface area contributed by atoms with Gasteiger partial charge in [-0.25, -0.2) is 0 Å². The van der Waals surface area contributed by atoms with Gasteiger partial charge in [0.15, 0.2) is 0 Å². The highest BCUT2D eigenvalue weighted by Crippen LogP contribution is 2.34. The zero-order valence-corrected chi connectivity index (χ0v) is 10.9. The number of carbonyl (C=O) groups excluding carboxylic acids is 1. The Hall–Kier alpha value is -1.76. The molecule has 0 heterocycles. The number of likely N-dealkylation sites (N-methyl/N-ethyl adjacent to an activating group) is 1. The predicted octanol–water partition coefficient (Wildman–Crippen LogP) is 2.03. The summed E-state index contributed by atoms with van der Waals surface area (Å²) >= 11 is 0. The maximum Gasteiger partial charge on any atom is 0.573 e. The third-order valence-corrected chi connectivity index (χ3v) is 3.11. The van der Waals surface area contributed by atoms with Crippen molar-refractivity contribution in [2.24, 2.45) is 5.73 Å². The highest BCUT2D eigenvalue weighted by Gasteiger charge is 2.47. The number of amides is 1. The molecule has 20 heavy (non-hydrogen) atoms. The van der Waals surface area contributed by atoms with Crippen LogP contribution >= 0.6 is 0 Å². The van der Waals surface area contributed by atoms with Crippen molar-refractivity contribution >= 4 is 5.91 Å². The van der Waals surface area contributed by atoms with Crippen LogP contribution in [0.15, 0.2) is 24.3 Å². The van der Waals surface area contributed by atoms with Gasteiger partial charge in [0.2, 0.25) is 5.91 Å². The number of halogens is 3. The van der Waals surface area contributed by atoms with Crippen LogP contribution in [0.4, 0.5) is 13.2 Å². The fourth-order valence-corrected chi connectivity index (χ4v) is 1.92. The summed E-state index contributed by atoms with van der Waals surface area (Å²) in [5, 5.41) is 0. The number of ether oxygens (including phenoxy) is 1. The summed E-state index contributed by atoms with van der Waals surface area (Å²) in [6.07, 6.45) is -3.43. The Bertz CT molecular complexity index is 513. The van der Waals surface area contributed by atoms with Crippen LogP contribution in [0.5, 0.6) is 5.75 Å². The molecule has 7 heteroatoms. The molecule has 1 fully saturated rings. The number of nitrogens with zero attached hydrogens (tertiary/aromatic N) is 1. The number of hydrogen-bond donors (Lipinski definition) is 1. The summed E-state index contributed by atoms with van der Waals surface area (Å²) in [4.78, 5) is 13.4. The quantitative estimate of drug-likeness (QED) is 0.922. The van der Waals surface area contributed by atoms with Crippen molar-refractivity contribution in [3.63, 3.8) is 0 Å². The zero-order valence-electron chi connectivity index (χ0n) is 10.9. The van der Waals surface area contributed by atoms with E-state index in [-0.39, 0.29) is 18.2 Å². The van der Waals surface area contributed by atoms with E-state index in [1.54, 1.807) is 13.1 Å². The number of carbonyl (C=O) groups is 1. The average Bonchev–Trinajstić information content (AvgIpc) is 3.05. The van der Waals surface area contributed by atoms with Crippen LogP contribution < -0.4 is 10.5 Å². The van der Waals surface area contributed by atoms with Gasteiger partial charge in [-0.2, -0.15) is 0 Å². The van der Waals surface area contributed by atoms with Crippen molar-refractivity contribution in [3.8, 4) is 5.75 Å². The lowest BCUT2D eigenvalue weighted by Gasteiger charge is -2.21. The van der Waals surface area contributed by atoms with E-state index in [0.29, 0.717) is 18.4 Å². The second kappa shape index (κ2) is 4.97. The van der Waals surface area contributed by atoms with Crippen LogP contribution in [0.3, 0.4) is 0 Å². The van der Waals surface area contributed by atoms with Crippen molar-refractivity contribution in [3.05, 3.63) is 29.8 Å². The van der Waals surface area contributed by atoms with Crippen molar-refractivity contribution in [1.82, 2.24) is 4.90 Å². The molecule has 1 aromatic carbocycles. The molecule has 0 bridgehead atoms. The monoisotopic (exact) mass is 288 g/mol. The number of hydrogen-bond acceptors (Lipinski definition) is 3. The fourth-order valence-electron chi connectivity index (χ4n) is 1.92. The van der Waals surface area contributed by atoms with Gasteiger partial charge in [0.1, 0.15) is 5.75 Å². The Morgan fingerprint density at radius 3 is 2.65 bits per heavy atom. The molecule has 2 rings (SSSR count). The molecule has 0 aromatic heterocycles. The maximum atomic E-state index is 12.1. The van der Waals surface area contributed by atoms with Gasteiger partial charge in [-0.05, 0) is 30.5 Å². The smallest absolute Gasteiger partial charge is 0.406 e. The molecule has 1 amide bonds. The Labute approximate surface area is 114 Å². The molecule has 4 nitrogen and oxygen atoms in total. The third kappa shape index (κ3) is 3.63. The lowest BCUT2D eigenvalue weighted by atomic mass is 10.2. The van der Waals surface area contributed by atoms with E-state index in [2.05, 4.69) is 4.74 Å². The molecule has 110 valence electrons. The number of benzene rings is 1. The van der Waals surface area contributed by atoms with Gasteiger partial charge in [-0.3, -0.25) is 4.79 Å². The summed E-state index contributed by atoms with van der Waals surface area (Å²) in [5.41, 5.74) is 5.56. The number of alkyl halides is 3. The number of nitrogens with two attached hydrogens (primary N) is 1. The summed E-state index contributed by atoms with van der Waals surface area (Å²) in [7, 11) is 1.58. The van der Waals surface area contributed by atoms with Gasteiger partial charge in [-0.1, -0.05) is 12.1 Å². The average molecular weight is 288 g/mol. The van der Waals surface area contributed by atoms with Crippen LogP contribution in [0.2, 0.25) is 0 Å². The first-order valence-electron chi connectivity index (χ1n) is 6.09. The number of rotatable bonds is 4. The highest BCUT2D eigenvalue weighted by molar-refractivity contribution is 5.88. The first kappa shape index (κ1) is 14.6. The van der Waals surface area contributed by atoms with Crippen LogP contribution in [0, 0.1) is 0 Å². The molecule has 1 aliphatic carbocycles. The summed E-state index contributed by atoms with van der Waals surface area (Å²) in [6, 6.07) is 5.55. The molecule has 0 atom stereocenters. The molecular formula is C13H15F3N2O2. The SMILES string of the molecule is CN(Cc1cccc(OC(F)(F)F)c1)C(=O)C1(N)CC1. The van der Waals surface area contributed by atoms with E-state index in [0.717, 1.165) is 0 Å². The first-order chi connectivity index (χ1) is 9.20. The van der Waals surface area contributed by atoms with Gasteiger partial charge in [0.25, 0.3) is 0 Å². The van der Waals surface area contributed by atoms with Crippen molar-refractivity contribution in [2.75, 3.05) is 7.05 Å². The fraction of sp³-hybridized carbons (Fsp3) is 0.462. The molecule has 1 saturated carbocycles. The van der Waals surface area contributed by atoms with E-state index in [9.17, 15) is 18.0 Å². The normalized spacial score (nSPS) is 16.6. The minimum absolute atomic E-state index is 0.187. The van der Waals surface area contributed by atoms with Crippen LogP contribution in [-0.4, -0.2) is 29.8 Å². The van der Waals surface area contributed by atoms with E-state index < -0.39 is 11.9 Å². The van der Waals surface area contributed by atoms with Gasteiger partial charge >= 0.3 is 6.36 Å². The Kier molecular flexibility index (Phi) is 3.64. The maximum absolute atomic E-state index is 12.1. The zero-order chi connectivity index (χ0) is 15.0. The van der Waals surface area contributed by atoms with Gasteiger partial charge in [0.05, 0.1) is 5.54 Å². The van der Waals surface area contributed by atoms with E-state index in [1.165, 1.54) is 23.1 Å². The summed E-state index contributed by atoms with van der Waals surface area (Å²) in [6.45, 7) is 0.187. The van der Waals surface area contributed by atoms with Crippen molar-refractivity contribution in [2.45, 2.75) is 31.3 Å². The summed E-state index contributed by atoms with van der Waals surface area (Å²) < 4.78 is 40.2. The molecule has 1 aliphatic rings. The van der Waals surface area contributed by atoms with Crippen molar-refractivity contribution < 1.29 is 22.7 Å². The molecule has 0 spiro atoms. The first-order valence-corrected chi connectivity index (χ1v) is 6.09. The molecular weight excluding hydrogens is 273 g/mol. The van der Waals surface area contributed by atoms with Gasteiger partial charge in [-0.15, -0.1) is 13.2 Å². The lowest BCUT2D eigenvalue weighted by molar-refractivity contribution is -0.274. The minimum atomic E-state index is -4.73. The second-order valence-corrected chi connectivity index (χ2v) is 5.01. The van der Waals surface area contributed by atoms with Crippen LogP contribution in [-0.2, 0) is 11.3 Å². The minimum Gasteiger partial charge on any atom is -0.406 e. The third-order valence-electron chi connectivity index (χ3n) is 3.11. The van der Waals surface area contributed by atoms with E-state index in [4.69, 9.17) is 5.73 Å². The Balaban J connectivity index is 2.02. The van der Waals surface area contributed by atoms with Crippen LogP contribution in [0.25, 0.3) is 0 Å². The largest absolute Gasteiger partial charge is 0.573 e. The van der Waals surface area contributed by atoms with Crippen molar-refractivity contribution in [1.29, 1.82) is 0 Å². The van der Waals surface area contributed by atoms with Crippen LogP contribution in [0.1, 0.15) is 18.4 Å². The van der Waals surface area contributed by atoms with E-state index in [1.807, 2.05) is 0 Å². The van der Waals surface area contributed by atoms with E-state index >= 15 is 0 Å². The molecule has 0 unspecified atom stereocenters. The Morgan fingerprint density at radius 2 is 2.10 bits per heavy atom. The molecule has 1 aromatic rings. The topological polar surface area (TPSA) is 55.6 Å². The highest BCUT2D eigenvalue weighted by atomic mass is 19.4. The molecule has 0 radical (unpaired) electrons. The second-order valence-electron chi connectivity index (χ2n) is 5.01. The van der Waals surface area contributed by atoms with Gasteiger partial charge in [0, 0.05) is 13.6 Å². The standard InChI is InChI=1S/C13H15F3N2O2/c1-18(11(19)12(17)5-6-12)8-9-3-2-4-10(7-9)20-13(14,15)16/h2-4,7H,5-6,8,17H2,1H3. The summed E-state index contributed by atoms with van der Waals surface area (Å²) in [5.74, 6) is -0.496.